The van der Waals surface area contributed by atoms with Gasteiger partial charge in [0.1, 0.15) is 13.2 Å². The lowest BCUT2D eigenvalue weighted by Crippen LogP contribution is -2.27. The summed E-state index contributed by atoms with van der Waals surface area (Å²) in [5.74, 6) is 0.242. The number of carbonyl (C=O) groups excluding carboxylic acids is 1. The Bertz CT molecular complexity index is 820. The Morgan fingerprint density at radius 3 is 2.87 bits per heavy atom. The maximum absolute atomic E-state index is 12.0. The largest absolute Gasteiger partial charge is 0.459 e. The van der Waals surface area contributed by atoms with Gasteiger partial charge in [-0.2, -0.15) is 0 Å². The van der Waals surface area contributed by atoms with Gasteiger partial charge in [-0.25, -0.2) is 0 Å². The zero-order chi connectivity index (χ0) is 16.2. The molecule has 2 heterocycles. The number of benzene rings is 1. The van der Waals surface area contributed by atoms with Crippen molar-refractivity contribution in [3.05, 3.63) is 52.5 Å². The molecule has 5 nitrogen and oxygen atoms in total. The predicted molar refractivity (Wildman–Crippen MR) is 91.9 cm³/mol. The molecular weight excluding hydrogens is 334 g/mol. The fourth-order valence-corrected chi connectivity index (χ4v) is 3.18. The highest BCUT2D eigenvalue weighted by Crippen LogP contribution is 2.26. The van der Waals surface area contributed by atoms with Gasteiger partial charge in [0, 0.05) is 17.3 Å². The number of likely N-dealkylation sites (N-methyl/N-ethyl adjacent to an activating group) is 1. The summed E-state index contributed by atoms with van der Waals surface area (Å²) < 4.78 is 6.55. The van der Waals surface area contributed by atoms with E-state index in [4.69, 9.17) is 16.3 Å². The van der Waals surface area contributed by atoms with E-state index in [1.165, 1.54) is 4.70 Å². The first kappa shape index (κ1) is 15.7. The maximum Gasteiger partial charge on any atom is 0.325 e. The van der Waals surface area contributed by atoms with Gasteiger partial charge in [0.15, 0.2) is 11.0 Å². The molecule has 7 heteroatoms. The second-order valence-corrected chi connectivity index (χ2v) is 6.29. The predicted octanol–water partition coefficient (Wildman–Crippen LogP) is 3.52. The van der Waals surface area contributed by atoms with Crippen LogP contribution in [0.15, 0.2) is 41.8 Å². The van der Waals surface area contributed by atoms with Gasteiger partial charge >= 0.3 is 5.97 Å². The summed E-state index contributed by atoms with van der Waals surface area (Å²) in [5.41, 5.74) is 1.02. The van der Waals surface area contributed by atoms with Crippen molar-refractivity contribution in [2.45, 2.75) is 6.61 Å². The standard InChI is InChI=1S/C16H14ClN3O2S/c1-20(15-7-6-14(17)18-19-15)8-16(21)22-9-11-10-23-13-5-3-2-4-12(11)13/h2-7,10H,8-9H2,1H3. The van der Waals surface area contributed by atoms with E-state index in [2.05, 4.69) is 16.3 Å². The number of thiophene rings is 1. The fraction of sp³-hybridized carbons (Fsp3) is 0.188. The molecule has 0 saturated carbocycles. The lowest BCUT2D eigenvalue weighted by atomic mass is 10.2. The van der Waals surface area contributed by atoms with E-state index in [0.717, 1.165) is 10.9 Å². The van der Waals surface area contributed by atoms with Crippen molar-refractivity contribution in [1.29, 1.82) is 0 Å². The Kier molecular flexibility index (Phi) is 4.73. The molecule has 3 rings (SSSR count). The SMILES string of the molecule is CN(CC(=O)OCc1csc2ccccc12)c1ccc(Cl)nn1. The van der Waals surface area contributed by atoms with Crippen molar-refractivity contribution in [2.75, 3.05) is 18.5 Å². The summed E-state index contributed by atoms with van der Waals surface area (Å²) in [6, 6.07) is 11.4. The van der Waals surface area contributed by atoms with Gasteiger partial charge in [0.25, 0.3) is 0 Å². The fourth-order valence-electron chi connectivity index (χ4n) is 2.14. The first-order chi connectivity index (χ1) is 11.1. The van der Waals surface area contributed by atoms with E-state index >= 15 is 0 Å². The van der Waals surface area contributed by atoms with Crippen LogP contribution in [0.3, 0.4) is 0 Å². The van der Waals surface area contributed by atoms with Gasteiger partial charge in [-0.05, 0) is 29.0 Å². The van der Waals surface area contributed by atoms with Gasteiger partial charge in [-0.3, -0.25) is 4.79 Å². The Morgan fingerprint density at radius 2 is 2.09 bits per heavy atom. The summed E-state index contributed by atoms with van der Waals surface area (Å²) in [6.45, 7) is 0.362. The first-order valence-corrected chi connectivity index (χ1v) is 8.20. The van der Waals surface area contributed by atoms with E-state index in [1.807, 2.05) is 23.6 Å². The van der Waals surface area contributed by atoms with Crippen LogP contribution in [-0.4, -0.2) is 29.8 Å². The minimum absolute atomic E-state index is 0.0956. The van der Waals surface area contributed by atoms with Crippen molar-refractivity contribution < 1.29 is 9.53 Å². The molecule has 0 atom stereocenters. The lowest BCUT2D eigenvalue weighted by Gasteiger charge is -2.16. The zero-order valence-corrected chi connectivity index (χ0v) is 14.0. The highest BCUT2D eigenvalue weighted by molar-refractivity contribution is 7.17. The number of fused-ring (bicyclic) bond motifs is 1. The molecular formula is C16H14ClN3O2S. The first-order valence-electron chi connectivity index (χ1n) is 6.94. The summed E-state index contributed by atoms with van der Waals surface area (Å²) in [5, 5.41) is 11.1. The Balaban J connectivity index is 1.58. The van der Waals surface area contributed by atoms with Gasteiger partial charge in [-0.15, -0.1) is 21.5 Å². The van der Waals surface area contributed by atoms with Crippen molar-refractivity contribution in [3.63, 3.8) is 0 Å². The number of halogens is 1. The highest BCUT2D eigenvalue weighted by Gasteiger charge is 2.12. The minimum Gasteiger partial charge on any atom is -0.459 e. The van der Waals surface area contributed by atoms with Crippen LogP contribution in [-0.2, 0) is 16.1 Å². The van der Waals surface area contributed by atoms with Gasteiger partial charge in [-0.1, -0.05) is 29.8 Å². The molecule has 0 saturated heterocycles. The molecule has 1 aromatic carbocycles. The lowest BCUT2D eigenvalue weighted by molar-refractivity contribution is -0.143. The number of aromatic nitrogens is 2. The van der Waals surface area contributed by atoms with Crippen molar-refractivity contribution in [2.24, 2.45) is 0 Å². The van der Waals surface area contributed by atoms with Crippen LogP contribution in [0.4, 0.5) is 5.82 Å². The highest BCUT2D eigenvalue weighted by atomic mass is 35.5. The normalized spacial score (nSPS) is 10.7. The molecule has 3 aromatic rings. The van der Waals surface area contributed by atoms with Gasteiger partial charge in [0.2, 0.25) is 0 Å². The quantitative estimate of drug-likeness (QED) is 0.661. The van der Waals surface area contributed by atoms with Crippen molar-refractivity contribution >= 4 is 44.8 Å². The van der Waals surface area contributed by atoms with Crippen molar-refractivity contribution in [1.82, 2.24) is 10.2 Å². The Hall–Kier alpha value is -2.18. The molecule has 0 N–H and O–H groups in total. The summed E-state index contributed by atoms with van der Waals surface area (Å²) in [4.78, 5) is 13.7. The van der Waals surface area contributed by atoms with E-state index in [0.29, 0.717) is 11.0 Å². The maximum atomic E-state index is 12.0. The average Bonchev–Trinajstić information content (AvgIpc) is 2.97. The second-order valence-electron chi connectivity index (χ2n) is 4.99. The summed E-state index contributed by atoms with van der Waals surface area (Å²) >= 11 is 7.34. The minimum atomic E-state index is -0.320. The smallest absolute Gasteiger partial charge is 0.325 e. The van der Waals surface area contributed by atoms with E-state index in [1.54, 1.807) is 35.4 Å². The van der Waals surface area contributed by atoms with Crippen LogP contribution < -0.4 is 4.90 Å². The topological polar surface area (TPSA) is 55.3 Å². The molecule has 118 valence electrons. The molecule has 2 aromatic heterocycles. The monoisotopic (exact) mass is 347 g/mol. The van der Waals surface area contributed by atoms with Gasteiger partial charge < -0.3 is 9.64 Å². The number of rotatable bonds is 5. The van der Waals surface area contributed by atoms with Crippen LogP contribution in [0.1, 0.15) is 5.56 Å². The number of esters is 1. The second kappa shape index (κ2) is 6.93. The van der Waals surface area contributed by atoms with Crippen LogP contribution in [0.2, 0.25) is 5.15 Å². The number of anilines is 1. The molecule has 0 unspecified atom stereocenters. The third-order valence-corrected chi connectivity index (χ3v) is 4.54. The number of nitrogens with zero attached hydrogens (tertiary/aromatic N) is 3. The molecule has 0 aliphatic carbocycles. The number of hydrogen-bond donors (Lipinski definition) is 0. The van der Waals surface area contributed by atoms with E-state index in [9.17, 15) is 4.79 Å². The molecule has 0 fully saturated rings. The van der Waals surface area contributed by atoms with Crippen LogP contribution in [0.5, 0.6) is 0 Å². The molecule has 23 heavy (non-hydrogen) atoms. The number of hydrogen-bond acceptors (Lipinski definition) is 6. The molecule has 0 spiro atoms. The molecule has 0 bridgehead atoms. The summed E-state index contributed by atoms with van der Waals surface area (Å²) in [7, 11) is 1.75. The average molecular weight is 348 g/mol. The van der Waals surface area contributed by atoms with Gasteiger partial charge in [0.05, 0.1) is 0 Å². The molecule has 0 radical (unpaired) electrons. The van der Waals surface area contributed by atoms with Crippen LogP contribution in [0.25, 0.3) is 10.1 Å². The Labute approximate surface area is 142 Å². The van der Waals surface area contributed by atoms with Crippen LogP contribution >= 0.6 is 22.9 Å². The van der Waals surface area contributed by atoms with Crippen molar-refractivity contribution in [3.8, 4) is 0 Å². The van der Waals surface area contributed by atoms with E-state index < -0.39 is 0 Å². The number of ether oxygens (including phenoxy) is 1. The molecule has 0 amide bonds. The Morgan fingerprint density at radius 1 is 1.26 bits per heavy atom. The van der Waals surface area contributed by atoms with E-state index in [-0.39, 0.29) is 19.1 Å². The van der Waals surface area contributed by atoms with Crippen LogP contribution in [0, 0.1) is 0 Å². The molecule has 0 aliphatic rings. The third-order valence-electron chi connectivity index (χ3n) is 3.33. The summed E-state index contributed by atoms with van der Waals surface area (Å²) in [6.07, 6.45) is 0. The number of carbonyl (C=O) groups is 1. The third kappa shape index (κ3) is 3.78. The zero-order valence-electron chi connectivity index (χ0n) is 12.4. The molecule has 0 aliphatic heterocycles.